The average Bonchev–Trinajstić information content (AvgIpc) is 3.59. The van der Waals surface area contributed by atoms with Crippen molar-refractivity contribution in [1.82, 2.24) is 19.9 Å². The van der Waals surface area contributed by atoms with E-state index in [1.165, 1.54) is 11.1 Å². The number of fused-ring (bicyclic) bond motifs is 8. The van der Waals surface area contributed by atoms with E-state index in [-0.39, 0.29) is 29.9 Å². The fraction of sp³-hybridized carbons (Fsp3) is 0.353. The zero-order valence-electron chi connectivity index (χ0n) is 25.5. The molecule has 0 saturated heterocycles. The summed E-state index contributed by atoms with van der Waals surface area (Å²) in [7, 11) is 0. The quantitative estimate of drug-likeness (QED) is 0.191. The van der Waals surface area contributed by atoms with Crippen LogP contribution >= 0.6 is 0 Å². The summed E-state index contributed by atoms with van der Waals surface area (Å²) in [4.78, 5) is 40.3. The summed E-state index contributed by atoms with van der Waals surface area (Å²) in [6.07, 6.45) is 2.39. The van der Waals surface area contributed by atoms with Gasteiger partial charge in [0.2, 0.25) is 0 Å². The molecule has 43 heavy (non-hydrogen) atoms. The van der Waals surface area contributed by atoms with Crippen LogP contribution < -0.4 is 0 Å². The first kappa shape index (κ1) is 32.0. The van der Waals surface area contributed by atoms with Crippen LogP contribution in [0.4, 0.5) is 0 Å². The van der Waals surface area contributed by atoms with Gasteiger partial charge >= 0.3 is 11.9 Å². The van der Waals surface area contributed by atoms with Gasteiger partial charge in [0.15, 0.2) is 0 Å². The van der Waals surface area contributed by atoms with Crippen LogP contribution in [0.15, 0.2) is 24.3 Å². The number of nitrogens with one attached hydrogen (secondary N) is 2. The smallest absolute Gasteiger partial charge is 0.303 e. The maximum Gasteiger partial charge on any atom is 0.303 e. The van der Waals surface area contributed by atoms with E-state index >= 15 is 0 Å². The molecule has 0 spiro atoms. The van der Waals surface area contributed by atoms with Crippen LogP contribution in [0.1, 0.15) is 98.4 Å². The molecule has 0 fully saturated rings. The first-order valence-electron chi connectivity index (χ1n) is 14.6. The molecule has 3 aromatic rings. The van der Waals surface area contributed by atoms with Gasteiger partial charge in [-0.15, -0.1) is 0 Å². The number of rotatable bonds is 8. The van der Waals surface area contributed by atoms with Crippen molar-refractivity contribution >= 4 is 56.3 Å². The van der Waals surface area contributed by atoms with Crippen molar-refractivity contribution < 1.29 is 36.9 Å². The van der Waals surface area contributed by atoms with Crippen LogP contribution in [0.25, 0.3) is 44.4 Å². The summed E-state index contributed by atoms with van der Waals surface area (Å²) in [6.45, 7) is 12.5. The van der Waals surface area contributed by atoms with Crippen molar-refractivity contribution in [1.29, 1.82) is 0 Å². The summed E-state index contributed by atoms with van der Waals surface area (Å²) in [5.74, 6) is -1.72. The number of carboxylic acid groups (broad SMARTS) is 2. The molecule has 0 atom stereocenters. The van der Waals surface area contributed by atoms with E-state index in [2.05, 4.69) is 49.8 Å². The van der Waals surface area contributed by atoms with Crippen molar-refractivity contribution in [3.8, 4) is 0 Å². The first-order chi connectivity index (χ1) is 20.0. The van der Waals surface area contributed by atoms with Gasteiger partial charge in [-0.2, -0.15) is 0 Å². The summed E-state index contributed by atoms with van der Waals surface area (Å²) in [5.41, 5.74) is 15.4. The van der Waals surface area contributed by atoms with Gasteiger partial charge in [-0.05, 0) is 122 Å². The second-order valence-corrected chi connectivity index (χ2v) is 11.2. The molecule has 0 unspecified atom stereocenters. The van der Waals surface area contributed by atoms with Gasteiger partial charge in [-0.1, -0.05) is 13.8 Å². The summed E-state index contributed by atoms with van der Waals surface area (Å²) in [6, 6.07) is 8.19. The number of H-pyrrole nitrogens is 2. The Labute approximate surface area is 261 Å². The van der Waals surface area contributed by atoms with Crippen LogP contribution in [-0.2, 0) is 39.5 Å². The molecular formula is C34H38MnN4O4. The Kier molecular flexibility index (Phi) is 9.47. The molecule has 1 radical (unpaired) electrons. The van der Waals surface area contributed by atoms with Crippen LogP contribution in [0.2, 0.25) is 0 Å². The minimum atomic E-state index is -0.864. The number of aliphatic carboxylic acids is 2. The van der Waals surface area contributed by atoms with E-state index in [4.69, 9.17) is 9.97 Å². The Morgan fingerprint density at radius 1 is 0.628 bits per heavy atom. The van der Waals surface area contributed by atoms with Gasteiger partial charge in [0.25, 0.3) is 0 Å². The standard InChI is InChI=1S/C34H38N4O4.Mn/c1-7-21-17(3)25-13-26-19(5)23(9-11-33(39)40)31(37-26)16-32-24(10-12-34(41)42)20(6)28(38-32)15-30-22(8-2)18(4)27(36-30)14-29(21)35-25;/h13-16,35,38H,7-12H2,1-6H3,(H,39,40)(H,41,42);. The molecule has 5 heterocycles. The molecule has 0 aliphatic carbocycles. The molecule has 2 aliphatic rings. The van der Waals surface area contributed by atoms with Crippen LogP contribution in [0, 0.1) is 13.8 Å². The minimum absolute atomic E-state index is 0. The molecule has 225 valence electrons. The second-order valence-electron chi connectivity index (χ2n) is 11.2. The van der Waals surface area contributed by atoms with E-state index in [9.17, 15) is 19.8 Å². The van der Waals surface area contributed by atoms with Crippen LogP contribution in [-0.4, -0.2) is 42.1 Å². The topological polar surface area (TPSA) is 132 Å². The molecule has 8 bridgehead atoms. The first-order valence-corrected chi connectivity index (χ1v) is 14.6. The number of carbonyl (C=O) groups is 2. The molecular weight excluding hydrogens is 583 g/mol. The zero-order chi connectivity index (χ0) is 30.3. The maximum atomic E-state index is 11.5. The second kappa shape index (κ2) is 12.7. The molecule has 0 amide bonds. The fourth-order valence-electron chi connectivity index (χ4n) is 6.22. The fourth-order valence-corrected chi connectivity index (χ4v) is 6.22. The van der Waals surface area contributed by atoms with E-state index in [0.29, 0.717) is 18.5 Å². The number of carboxylic acids is 2. The molecule has 0 aromatic carbocycles. The van der Waals surface area contributed by atoms with Crippen molar-refractivity contribution in [2.24, 2.45) is 0 Å². The van der Waals surface area contributed by atoms with Gasteiger partial charge in [-0.3, -0.25) is 9.59 Å². The number of aryl methyl sites for hydroxylation is 4. The van der Waals surface area contributed by atoms with Crippen LogP contribution in [0.3, 0.4) is 0 Å². The van der Waals surface area contributed by atoms with E-state index < -0.39 is 11.9 Å². The molecule has 5 rings (SSSR count). The van der Waals surface area contributed by atoms with E-state index in [0.717, 1.165) is 85.4 Å². The number of hydrogen-bond acceptors (Lipinski definition) is 4. The number of hydrogen-bond donors (Lipinski definition) is 4. The van der Waals surface area contributed by atoms with Crippen LogP contribution in [0.5, 0.6) is 0 Å². The van der Waals surface area contributed by atoms with Gasteiger partial charge in [0.1, 0.15) is 0 Å². The van der Waals surface area contributed by atoms with Gasteiger partial charge in [0.05, 0.1) is 22.8 Å². The SMILES string of the molecule is CCC1=C(C)c2cc3[nH]c(cc4nc(cc5[nH]c(cc1n2)c(C)c5CCC(=O)O)C(CCC(=O)O)=C4C)c(C)c3CC.[Mn]. The Balaban J connectivity index is 0.00000423. The third-order valence-corrected chi connectivity index (χ3v) is 8.69. The molecule has 3 aromatic heterocycles. The molecule has 0 saturated carbocycles. The number of allylic oxidation sites excluding steroid dienone is 4. The summed E-state index contributed by atoms with van der Waals surface area (Å²) in [5, 5.41) is 18.9. The van der Waals surface area contributed by atoms with E-state index in [1.54, 1.807) is 0 Å². The molecule has 8 nitrogen and oxygen atoms in total. The minimum Gasteiger partial charge on any atom is -0.481 e. The van der Waals surface area contributed by atoms with Crippen molar-refractivity contribution in [3.05, 3.63) is 69.3 Å². The number of nitrogens with zero attached hydrogens (tertiary/aromatic N) is 2. The normalized spacial score (nSPS) is 13.0. The Morgan fingerprint density at radius 3 is 1.63 bits per heavy atom. The van der Waals surface area contributed by atoms with Gasteiger partial charge in [0, 0.05) is 52.0 Å². The predicted molar refractivity (Wildman–Crippen MR) is 168 cm³/mol. The predicted octanol–water partition coefficient (Wildman–Crippen LogP) is 7.64. The molecule has 4 N–H and O–H groups in total. The average molecular weight is 622 g/mol. The third-order valence-electron chi connectivity index (χ3n) is 8.69. The van der Waals surface area contributed by atoms with Gasteiger partial charge < -0.3 is 20.2 Å². The molecule has 2 aliphatic heterocycles. The Morgan fingerprint density at radius 2 is 1.07 bits per heavy atom. The molecule has 9 heteroatoms. The van der Waals surface area contributed by atoms with Crippen molar-refractivity contribution in [3.63, 3.8) is 0 Å². The van der Waals surface area contributed by atoms with E-state index in [1.807, 2.05) is 26.0 Å². The van der Waals surface area contributed by atoms with Gasteiger partial charge in [-0.25, -0.2) is 9.97 Å². The zero-order valence-corrected chi connectivity index (χ0v) is 26.7. The van der Waals surface area contributed by atoms with Crippen molar-refractivity contribution in [2.45, 2.75) is 80.1 Å². The summed E-state index contributed by atoms with van der Waals surface area (Å²) < 4.78 is 0. The number of aromatic amines is 2. The monoisotopic (exact) mass is 621 g/mol. The number of aromatic nitrogens is 4. The van der Waals surface area contributed by atoms with Crippen molar-refractivity contribution in [2.75, 3.05) is 0 Å². The largest absolute Gasteiger partial charge is 0.481 e. The Hall–Kier alpha value is -3.94. The Bertz CT molecular complexity index is 1860. The third kappa shape index (κ3) is 6.10. The summed E-state index contributed by atoms with van der Waals surface area (Å²) >= 11 is 0. The maximum absolute atomic E-state index is 11.5.